The van der Waals surface area contributed by atoms with Gasteiger partial charge in [0, 0.05) is 6.54 Å². The predicted octanol–water partition coefficient (Wildman–Crippen LogP) is 2.51. The molecule has 1 aliphatic carbocycles. The summed E-state index contributed by atoms with van der Waals surface area (Å²) >= 11 is 0. The Morgan fingerprint density at radius 2 is 2.00 bits per heavy atom. The van der Waals surface area contributed by atoms with E-state index in [1.165, 1.54) is 25.7 Å². The van der Waals surface area contributed by atoms with Crippen LogP contribution in [0, 0.1) is 5.92 Å². The topological polar surface area (TPSA) is 32.3 Å². The van der Waals surface area contributed by atoms with Gasteiger partial charge in [-0.1, -0.05) is 39.5 Å². The van der Waals surface area contributed by atoms with E-state index in [9.17, 15) is 4.79 Å². The van der Waals surface area contributed by atoms with Gasteiger partial charge in [-0.05, 0) is 25.2 Å². The summed E-state index contributed by atoms with van der Waals surface area (Å²) in [5.74, 6) is 1.16. The molecule has 1 spiro atoms. The summed E-state index contributed by atoms with van der Waals surface area (Å²) in [6.07, 6.45) is 8.19. The summed E-state index contributed by atoms with van der Waals surface area (Å²) in [7, 11) is 0. The van der Waals surface area contributed by atoms with Gasteiger partial charge in [0.1, 0.15) is 0 Å². The second-order valence-corrected chi connectivity index (χ2v) is 6.08. The molecule has 1 heterocycles. The van der Waals surface area contributed by atoms with Gasteiger partial charge >= 0.3 is 0 Å². The third-order valence-electron chi connectivity index (χ3n) is 4.22. The Morgan fingerprint density at radius 1 is 1.29 bits per heavy atom. The van der Waals surface area contributed by atoms with Crippen molar-refractivity contribution in [3.63, 3.8) is 0 Å². The molecule has 0 atom stereocenters. The van der Waals surface area contributed by atoms with Gasteiger partial charge < -0.3 is 4.90 Å². The SMILES string of the molecule is CC(C)CCCCN1CNC2(CCCC2)C1=O. The van der Waals surface area contributed by atoms with Gasteiger partial charge in [0.15, 0.2) is 0 Å². The lowest BCUT2D eigenvalue weighted by Crippen LogP contribution is -2.43. The van der Waals surface area contributed by atoms with Crippen LogP contribution < -0.4 is 5.32 Å². The molecule has 3 heteroatoms. The van der Waals surface area contributed by atoms with Crippen molar-refractivity contribution >= 4 is 5.91 Å². The Labute approximate surface area is 105 Å². The average Bonchev–Trinajstić information content (AvgIpc) is 2.87. The van der Waals surface area contributed by atoms with E-state index in [1.54, 1.807) is 0 Å². The van der Waals surface area contributed by atoms with Crippen molar-refractivity contribution in [2.45, 2.75) is 64.3 Å². The number of hydrogen-bond donors (Lipinski definition) is 1. The van der Waals surface area contributed by atoms with Crippen molar-refractivity contribution in [3.8, 4) is 0 Å². The van der Waals surface area contributed by atoms with Crippen molar-refractivity contribution < 1.29 is 4.79 Å². The standard InChI is InChI=1S/C14H26N2O/c1-12(2)7-3-6-10-16-11-15-14(13(16)17)8-4-5-9-14/h12,15H,3-11H2,1-2H3. The van der Waals surface area contributed by atoms with Gasteiger partial charge in [-0.15, -0.1) is 0 Å². The van der Waals surface area contributed by atoms with Gasteiger partial charge in [-0.2, -0.15) is 0 Å². The van der Waals surface area contributed by atoms with Crippen LogP contribution in [0.5, 0.6) is 0 Å². The van der Waals surface area contributed by atoms with Crippen LogP contribution >= 0.6 is 0 Å². The minimum absolute atomic E-state index is 0.155. The fourth-order valence-corrected chi connectivity index (χ4v) is 3.10. The molecule has 0 radical (unpaired) electrons. The van der Waals surface area contributed by atoms with Crippen LogP contribution in [0.2, 0.25) is 0 Å². The maximum atomic E-state index is 12.3. The summed E-state index contributed by atoms with van der Waals surface area (Å²) in [6.45, 7) is 6.24. The van der Waals surface area contributed by atoms with E-state index in [4.69, 9.17) is 0 Å². The maximum Gasteiger partial charge on any atom is 0.243 e. The Bertz CT molecular complexity index is 269. The van der Waals surface area contributed by atoms with E-state index >= 15 is 0 Å². The van der Waals surface area contributed by atoms with Crippen LogP contribution in [0.25, 0.3) is 0 Å². The van der Waals surface area contributed by atoms with Gasteiger partial charge in [0.25, 0.3) is 0 Å². The first-order valence-corrected chi connectivity index (χ1v) is 7.18. The molecule has 2 rings (SSSR count). The van der Waals surface area contributed by atoms with E-state index < -0.39 is 0 Å². The Kier molecular flexibility index (Phi) is 4.08. The number of hydrogen-bond acceptors (Lipinski definition) is 2. The smallest absolute Gasteiger partial charge is 0.243 e. The molecule has 0 bridgehead atoms. The Balaban J connectivity index is 1.74. The number of carbonyl (C=O) groups is 1. The van der Waals surface area contributed by atoms with Crippen molar-refractivity contribution in [2.24, 2.45) is 5.92 Å². The molecule has 0 aromatic rings. The fourth-order valence-electron chi connectivity index (χ4n) is 3.10. The highest BCUT2D eigenvalue weighted by Crippen LogP contribution is 2.34. The molecular weight excluding hydrogens is 212 g/mol. The molecule has 0 aromatic heterocycles. The van der Waals surface area contributed by atoms with E-state index in [1.807, 2.05) is 4.90 Å². The van der Waals surface area contributed by atoms with Crippen LogP contribution in [-0.4, -0.2) is 29.6 Å². The first-order chi connectivity index (χ1) is 8.14. The molecule has 2 aliphatic rings. The molecule has 3 nitrogen and oxygen atoms in total. The summed E-state index contributed by atoms with van der Waals surface area (Å²) < 4.78 is 0. The van der Waals surface area contributed by atoms with Gasteiger partial charge in [0.05, 0.1) is 12.2 Å². The highest BCUT2D eigenvalue weighted by Gasteiger charge is 2.47. The van der Waals surface area contributed by atoms with Gasteiger partial charge in [0.2, 0.25) is 5.91 Å². The predicted molar refractivity (Wildman–Crippen MR) is 69.6 cm³/mol. The zero-order chi connectivity index (χ0) is 12.3. The number of carbonyl (C=O) groups excluding carboxylic acids is 1. The summed E-state index contributed by atoms with van der Waals surface area (Å²) in [4.78, 5) is 14.4. The molecule has 0 unspecified atom stereocenters. The molecule has 2 fully saturated rings. The zero-order valence-electron chi connectivity index (χ0n) is 11.3. The molecule has 1 aliphatic heterocycles. The molecule has 98 valence electrons. The molecule has 1 saturated carbocycles. The molecule has 1 amide bonds. The zero-order valence-corrected chi connectivity index (χ0v) is 11.3. The largest absolute Gasteiger partial charge is 0.328 e. The van der Waals surface area contributed by atoms with Crippen molar-refractivity contribution in [1.82, 2.24) is 10.2 Å². The van der Waals surface area contributed by atoms with Crippen LogP contribution in [0.1, 0.15) is 58.8 Å². The van der Waals surface area contributed by atoms with Gasteiger partial charge in [-0.3, -0.25) is 10.1 Å². The third kappa shape index (κ3) is 2.82. The molecule has 1 saturated heterocycles. The second kappa shape index (κ2) is 5.38. The number of nitrogens with zero attached hydrogens (tertiary/aromatic N) is 1. The van der Waals surface area contributed by atoms with E-state index in [2.05, 4.69) is 19.2 Å². The van der Waals surface area contributed by atoms with E-state index in [0.717, 1.165) is 38.4 Å². The van der Waals surface area contributed by atoms with Crippen LogP contribution in [0.3, 0.4) is 0 Å². The molecule has 0 aromatic carbocycles. The molecule has 17 heavy (non-hydrogen) atoms. The monoisotopic (exact) mass is 238 g/mol. The Morgan fingerprint density at radius 3 is 2.65 bits per heavy atom. The lowest BCUT2D eigenvalue weighted by atomic mass is 9.98. The third-order valence-corrected chi connectivity index (χ3v) is 4.22. The van der Waals surface area contributed by atoms with Crippen molar-refractivity contribution in [2.75, 3.05) is 13.2 Å². The minimum atomic E-state index is -0.155. The van der Waals surface area contributed by atoms with E-state index in [-0.39, 0.29) is 5.54 Å². The van der Waals surface area contributed by atoms with Crippen LogP contribution in [0.15, 0.2) is 0 Å². The van der Waals surface area contributed by atoms with E-state index in [0.29, 0.717) is 5.91 Å². The molecular formula is C14H26N2O. The highest BCUT2D eigenvalue weighted by molar-refractivity contribution is 5.88. The number of amides is 1. The normalized spacial score (nSPS) is 23.2. The minimum Gasteiger partial charge on any atom is -0.328 e. The van der Waals surface area contributed by atoms with Crippen molar-refractivity contribution in [1.29, 1.82) is 0 Å². The molecule has 1 N–H and O–H groups in total. The summed E-state index contributed by atoms with van der Waals surface area (Å²) in [5.41, 5.74) is -0.155. The highest BCUT2D eigenvalue weighted by atomic mass is 16.2. The van der Waals surface area contributed by atoms with Crippen LogP contribution in [0.4, 0.5) is 0 Å². The summed E-state index contributed by atoms with van der Waals surface area (Å²) in [5, 5.41) is 3.46. The Hall–Kier alpha value is -0.570. The quantitative estimate of drug-likeness (QED) is 0.746. The summed E-state index contributed by atoms with van der Waals surface area (Å²) in [6, 6.07) is 0. The first kappa shape index (κ1) is 12.9. The lowest BCUT2D eigenvalue weighted by molar-refractivity contribution is -0.132. The average molecular weight is 238 g/mol. The first-order valence-electron chi connectivity index (χ1n) is 7.18. The van der Waals surface area contributed by atoms with Gasteiger partial charge in [-0.25, -0.2) is 0 Å². The number of unbranched alkanes of at least 4 members (excludes halogenated alkanes) is 1. The van der Waals surface area contributed by atoms with Crippen molar-refractivity contribution in [3.05, 3.63) is 0 Å². The number of nitrogens with one attached hydrogen (secondary N) is 1. The fraction of sp³-hybridized carbons (Fsp3) is 0.929. The maximum absolute atomic E-state index is 12.3. The number of rotatable bonds is 5. The lowest BCUT2D eigenvalue weighted by Gasteiger charge is -2.21. The van der Waals surface area contributed by atoms with Crippen LogP contribution in [-0.2, 0) is 4.79 Å². The second-order valence-electron chi connectivity index (χ2n) is 6.08.